The monoisotopic (exact) mass is 225 g/mol. The van der Waals surface area contributed by atoms with Crippen LogP contribution in [0.4, 0.5) is 5.69 Å². The van der Waals surface area contributed by atoms with Crippen molar-refractivity contribution in [3.63, 3.8) is 0 Å². The van der Waals surface area contributed by atoms with Crippen LogP contribution in [0.1, 0.15) is 44.6 Å². The summed E-state index contributed by atoms with van der Waals surface area (Å²) >= 11 is 6.13. The Labute approximate surface area is 97.8 Å². The van der Waals surface area contributed by atoms with Gasteiger partial charge in [0.2, 0.25) is 0 Å². The maximum absolute atomic E-state index is 6.13. The van der Waals surface area contributed by atoms with Crippen LogP contribution in [0.25, 0.3) is 0 Å². The summed E-state index contributed by atoms with van der Waals surface area (Å²) in [5, 5.41) is 3.57. The number of halogens is 1. The van der Waals surface area contributed by atoms with E-state index in [-0.39, 0.29) is 5.38 Å². The van der Waals surface area contributed by atoms with Crippen molar-refractivity contribution in [3.8, 4) is 0 Å². The minimum Gasteiger partial charge on any atom is -0.382 e. The van der Waals surface area contributed by atoms with Gasteiger partial charge in [0.25, 0.3) is 0 Å². The van der Waals surface area contributed by atoms with Crippen LogP contribution in [0.15, 0.2) is 24.3 Å². The van der Waals surface area contributed by atoms with E-state index in [1.54, 1.807) is 0 Å². The van der Waals surface area contributed by atoms with E-state index in [1.165, 1.54) is 24.1 Å². The molecule has 15 heavy (non-hydrogen) atoms. The maximum atomic E-state index is 6.13. The van der Waals surface area contributed by atoms with Crippen molar-refractivity contribution in [2.75, 3.05) is 5.32 Å². The van der Waals surface area contributed by atoms with Crippen molar-refractivity contribution in [1.82, 2.24) is 0 Å². The van der Waals surface area contributed by atoms with E-state index in [0.29, 0.717) is 6.04 Å². The van der Waals surface area contributed by atoms with Gasteiger partial charge < -0.3 is 5.32 Å². The first-order chi connectivity index (χ1) is 7.15. The third-order valence-corrected chi connectivity index (χ3v) is 2.75. The molecule has 0 amide bonds. The average molecular weight is 226 g/mol. The summed E-state index contributed by atoms with van der Waals surface area (Å²) in [4.78, 5) is 0. The van der Waals surface area contributed by atoms with Gasteiger partial charge in [0.1, 0.15) is 0 Å². The van der Waals surface area contributed by atoms with Gasteiger partial charge in [-0.15, -0.1) is 11.6 Å². The van der Waals surface area contributed by atoms with Crippen molar-refractivity contribution in [1.29, 1.82) is 0 Å². The second-order valence-corrected chi connectivity index (χ2v) is 4.69. The lowest BCUT2D eigenvalue weighted by molar-refractivity contribution is 0.689. The number of alkyl halides is 1. The first kappa shape index (κ1) is 12.4. The highest BCUT2D eigenvalue weighted by molar-refractivity contribution is 6.21. The maximum Gasteiger partial charge on any atom is 0.0577 e. The summed E-state index contributed by atoms with van der Waals surface area (Å²) in [6.07, 6.45) is 2.39. The summed E-state index contributed by atoms with van der Waals surface area (Å²) in [5.41, 5.74) is 2.35. The second kappa shape index (κ2) is 6.02. The summed E-state index contributed by atoms with van der Waals surface area (Å²) < 4.78 is 0. The molecule has 0 aliphatic rings. The Morgan fingerprint density at radius 3 is 2.53 bits per heavy atom. The zero-order chi connectivity index (χ0) is 11.3. The molecule has 2 heteroatoms. The molecule has 0 fully saturated rings. The first-order valence-corrected chi connectivity index (χ1v) is 6.08. The standard InChI is InChI=1S/C13H20ClN/c1-4-7-10(2)15-13-9-6-5-8-12(13)11(3)14/h5-6,8-11,15H,4,7H2,1-3H3. The van der Waals surface area contributed by atoms with Gasteiger partial charge in [0.15, 0.2) is 0 Å². The van der Waals surface area contributed by atoms with Crippen LogP contribution in [0.5, 0.6) is 0 Å². The van der Waals surface area contributed by atoms with Gasteiger partial charge in [0.05, 0.1) is 5.38 Å². The molecule has 84 valence electrons. The predicted molar refractivity (Wildman–Crippen MR) is 68.7 cm³/mol. The molecule has 2 unspecified atom stereocenters. The van der Waals surface area contributed by atoms with E-state index < -0.39 is 0 Å². The van der Waals surface area contributed by atoms with E-state index in [2.05, 4.69) is 31.3 Å². The largest absolute Gasteiger partial charge is 0.382 e. The minimum absolute atomic E-state index is 0.0579. The normalized spacial score (nSPS) is 14.7. The van der Waals surface area contributed by atoms with Gasteiger partial charge in [0, 0.05) is 11.7 Å². The molecule has 0 heterocycles. The minimum atomic E-state index is 0.0579. The fourth-order valence-corrected chi connectivity index (χ4v) is 1.94. The number of nitrogens with one attached hydrogen (secondary N) is 1. The fraction of sp³-hybridized carbons (Fsp3) is 0.538. The topological polar surface area (TPSA) is 12.0 Å². The van der Waals surface area contributed by atoms with Crippen LogP contribution in [-0.4, -0.2) is 6.04 Å². The molecule has 0 aliphatic heterocycles. The highest BCUT2D eigenvalue weighted by Crippen LogP contribution is 2.27. The Morgan fingerprint density at radius 1 is 1.27 bits per heavy atom. The summed E-state index contributed by atoms with van der Waals surface area (Å²) in [6.45, 7) is 6.42. The molecule has 2 atom stereocenters. The molecule has 0 radical (unpaired) electrons. The van der Waals surface area contributed by atoms with Crippen LogP contribution in [0.2, 0.25) is 0 Å². The van der Waals surface area contributed by atoms with Crippen LogP contribution in [-0.2, 0) is 0 Å². The summed E-state index contributed by atoms with van der Waals surface area (Å²) in [5.74, 6) is 0. The van der Waals surface area contributed by atoms with Gasteiger partial charge in [-0.1, -0.05) is 31.5 Å². The van der Waals surface area contributed by atoms with Crippen molar-refractivity contribution in [2.45, 2.75) is 45.0 Å². The highest BCUT2D eigenvalue weighted by atomic mass is 35.5. The van der Waals surface area contributed by atoms with E-state index in [4.69, 9.17) is 11.6 Å². The van der Waals surface area contributed by atoms with Gasteiger partial charge in [-0.05, 0) is 31.9 Å². The summed E-state index contributed by atoms with van der Waals surface area (Å²) in [6, 6.07) is 8.76. The lowest BCUT2D eigenvalue weighted by Crippen LogP contribution is -2.15. The Hall–Kier alpha value is -0.690. The zero-order valence-electron chi connectivity index (χ0n) is 9.76. The molecule has 0 aromatic heterocycles. The van der Waals surface area contributed by atoms with E-state index >= 15 is 0 Å². The Morgan fingerprint density at radius 2 is 1.93 bits per heavy atom. The molecule has 1 rings (SSSR count). The van der Waals surface area contributed by atoms with Crippen LogP contribution in [0.3, 0.4) is 0 Å². The number of hydrogen-bond acceptors (Lipinski definition) is 1. The molecule has 1 aromatic rings. The van der Waals surface area contributed by atoms with Crippen molar-refractivity contribution in [2.24, 2.45) is 0 Å². The van der Waals surface area contributed by atoms with E-state index in [0.717, 1.165) is 0 Å². The molecule has 0 bridgehead atoms. The highest BCUT2D eigenvalue weighted by Gasteiger charge is 2.08. The molecule has 0 saturated heterocycles. The first-order valence-electron chi connectivity index (χ1n) is 5.64. The smallest absolute Gasteiger partial charge is 0.0577 e. The number of para-hydroxylation sites is 1. The molecule has 0 saturated carbocycles. The molecule has 1 aromatic carbocycles. The molecule has 0 spiro atoms. The molecule has 1 nitrogen and oxygen atoms in total. The number of benzene rings is 1. The van der Waals surface area contributed by atoms with Crippen molar-refractivity contribution in [3.05, 3.63) is 29.8 Å². The third kappa shape index (κ3) is 3.75. The lowest BCUT2D eigenvalue weighted by Gasteiger charge is -2.18. The third-order valence-electron chi connectivity index (χ3n) is 2.51. The predicted octanol–water partition coefficient (Wildman–Crippen LogP) is 4.59. The molecular formula is C13H20ClN. The van der Waals surface area contributed by atoms with Crippen molar-refractivity contribution < 1.29 is 0 Å². The van der Waals surface area contributed by atoms with Crippen LogP contribution < -0.4 is 5.32 Å². The van der Waals surface area contributed by atoms with Gasteiger partial charge in [-0.25, -0.2) is 0 Å². The number of rotatable bonds is 5. The number of hydrogen-bond donors (Lipinski definition) is 1. The van der Waals surface area contributed by atoms with E-state index in [1.807, 2.05) is 19.1 Å². The number of anilines is 1. The van der Waals surface area contributed by atoms with Gasteiger partial charge in [-0.2, -0.15) is 0 Å². The summed E-state index contributed by atoms with van der Waals surface area (Å²) in [7, 11) is 0. The van der Waals surface area contributed by atoms with Crippen LogP contribution in [0, 0.1) is 0 Å². The SMILES string of the molecule is CCCC(C)Nc1ccccc1C(C)Cl. The van der Waals surface area contributed by atoms with E-state index in [9.17, 15) is 0 Å². The lowest BCUT2D eigenvalue weighted by atomic mass is 10.1. The van der Waals surface area contributed by atoms with Gasteiger partial charge >= 0.3 is 0 Å². The Kier molecular flexibility index (Phi) is 4.97. The quantitative estimate of drug-likeness (QED) is 0.723. The average Bonchev–Trinajstić information content (AvgIpc) is 2.18. The molecule has 0 aliphatic carbocycles. The molecular weight excluding hydrogens is 206 g/mol. The van der Waals surface area contributed by atoms with Crippen molar-refractivity contribution >= 4 is 17.3 Å². The Bertz CT molecular complexity index is 296. The second-order valence-electron chi connectivity index (χ2n) is 4.04. The Balaban J connectivity index is 2.75. The van der Waals surface area contributed by atoms with Crippen LogP contribution >= 0.6 is 11.6 Å². The molecule has 1 N–H and O–H groups in total. The van der Waals surface area contributed by atoms with Gasteiger partial charge in [-0.3, -0.25) is 0 Å². The fourth-order valence-electron chi connectivity index (χ4n) is 1.75. The zero-order valence-corrected chi connectivity index (χ0v) is 10.5.